The summed E-state index contributed by atoms with van der Waals surface area (Å²) in [6.45, 7) is 7.09. The van der Waals surface area contributed by atoms with Gasteiger partial charge in [0.25, 0.3) is 0 Å². The molecule has 1 fully saturated rings. The van der Waals surface area contributed by atoms with E-state index in [1.54, 1.807) is 0 Å². The van der Waals surface area contributed by atoms with E-state index >= 15 is 0 Å². The average molecular weight is 538 g/mol. The third-order valence-corrected chi connectivity index (χ3v) is 5.59. The largest absolute Gasteiger partial charge is 0.375 e. The molecule has 1 aromatic carbocycles. The Bertz CT molecular complexity index is 693. The lowest BCUT2D eigenvalue weighted by molar-refractivity contribution is 0.128. The van der Waals surface area contributed by atoms with Crippen LogP contribution in [0.4, 0.5) is 0 Å². The first-order valence-corrected chi connectivity index (χ1v) is 12.1. The first-order chi connectivity index (χ1) is 13.5. The zero-order valence-corrected chi connectivity index (χ0v) is 20.6. The van der Waals surface area contributed by atoms with E-state index < -0.39 is 9.84 Å². The minimum Gasteiger partial charge on any atom is -0.375 e. The van der Waals surface area contributed by atoms with Gasteiger partial charge in [0, 0.05) is 38.5 Å². The van der Waals surface area contributed by atoms with Gasteiger partial charge in [-0.05, 0) is 25.3 Å². The highest BCUT2D eigenvalue weighted by Crippen LogP contribution is 2.10. The molecule has 0 radical (unpaired) electrons. The highest BCUT2D eigenvalue weighted by Gasteiger charge is 2.20. The molecule has 166 valence electrons. The van der Waals surface area contributed by atoms with Gasteiger partial charge in [-0.3, -0.25) is 4.99 Å². The van der Waals surface area contributed by atoms with Gasteiger partial charge in [-0.15, -0.1) is 24.0 Å². The highest BCUT2D eigenvalue weighted by atomic mass is 127. The van der Waals surface area contributed by atoms with Crippen molar-refractivity contribution in [1.29, 1.82) is 0 Å². The van der Waals surface area contributed by atoms with E-state index in [1.807, 2.05) is 18.2 Å². The summed E-state index contributed by atoms with van der Waals surface area (Å²) in [5.41, 5.74) is 1.17. The molecule has 1 aliphatic heterocycles. The van der Waals surface area contributed by atoms with Crippen LogP contribution < -0.4 is 10.6 Å². The third-order valence-electron chi connectivity index (χ3n) is 4.67. The first-order valence-electron chi connectivity index (χ1n) is 10.0. The number of sulfone groups is 1. The molecular weight excluding hydrogens is 503 g/mol. The topological polar surface area (TPSA) is 83.0 Å². The Labute approximate surface area is 192 Å². The number of hydrogen-bond acceptors (Lipinski definition) is 5. The van der Waals surface area contributed by atoms with E-state index in [4.69, 9.17) is 4.74 Å². The Morgan fingerprint density at radius 3 is 2.55 bits per heavy atom. The summed E-state index contributed by atoms with van der Waals surface area (Å²) in [6.07, 6.45) is 3.27. The number of rotatable bonds is 10. The fourth-order valence-electron chi connectivity index (χ4n) is 3.10. The van der Waals surface area contributed by atoms with Crippen molar-refractivity contribution in [2.75, 3.05) is 51.3 Å². The van der Waals surface area contributed by atoms with Crippen molar-refractivity contribution >= 4 is 39.8 Å². The molecule has 0 unspecified atom stereocenters. The maximum Gasteiger partial charge on any atom is 0.191 e. The van der Waals surface area contributed by atoms with E-state index in [0.29, 0.717) is 32.3 Å². The Hall–Kier alpha value is -0.910. The zero-order valence-electron chi connectivity index (χ0n) is 17.5. The smallest absolute Gasteiger partial charge is 0.191 e. The lowest BCUT2D eigenvalue weighted by Gasteiger charge is -2.32. The second kappa shape index (κ2) is 14.2. The fourth-order valence-corrected chi connectivity index (χ4v) is 3.69. The van der Waals surface area contributed by atoms with E-state index in [0.717, 1.165) is 38.4 Å². The maximum atomic E-state index is 11.3. The van der Waals surface area contributed by atoms with E-state index in [-0.39, 0.29) is 29.7 Å². The molecule has 2 N–H and O–H groups in total. The molecule has 0 spiro atoms. The van der Waals surface area contributed by atoms with Crippen LogP contribution in [0.1, 0.15) is 25.3 Å². The summed E-state index contributed by atoms with van der Waals surface area (Å²) < 4.78 is 28.3. The molecular formula is C20H35IN4O3S. The van der Waals surface area contributed by atoms with Gasteiger partial charge in [0.15, 0.2) is 5.96 Å². The van der Waals surface area contributed by atoms with Crippen molar-refractivity contribution in [3.05, 3.63) is 35.9 Å². The summed E-state index contributed by atoms with van der Waals surface area (Å²) in [4.78, 5) is 6.83. The van der Waals surface area contributed by atoms with Crippen LogP contribution in [-0.4, -0.2) is 76.7 Å². The van der Waals surface area contributed by atoms with Crippen molar-refractivity contribution < 1.29 is 13.2 Å². The van der Waals surface area contributed by atoms with Crippen LogP contribution in [-0.2, 0) is 21.2 Å². The first kappa shape index (κ1) is 26.1. The van der Waals surface area contributed by atoms with Crippen LogP contribution in [0, 0.1) is 0 Å². The van der Waals surface area contributed by atoms with Crippen LogP contribution in [0.15, 0.2) is 35.3 Å². The molecule has 7 nitrogen and oxygen atoms in total. The van der Waals surface area contributed by atoms with Gasteiger partial charge in [-0.25, -0.2) is 8.42 Å². The number of benzene rings is 1. The van der Waals surface area contributed by atoms with Gasteiger partial charge in [-0.2, -0.15) is 0 Å². The maximum absolute atomic E-state index is 11.3. The summed E-state index contributed by atoms with van der Waals surface area (Å²) in [6, 6.07) is 10.5. The molecule has 1 aliphatic rings. The quantitative estimate of drug-likeness (QED) is 0.205. The van der Waals surface area contributed by atoms with Gasteiger partial charge in [0.05, 0.1) is 25.5 Å². The predicted molar refractivity (Wildman–Crippen MR) is 130 cm³/mol. The van der Waals surface area contributed by atoms with Gasteiger partial charge in [-0.1, -0.05) is 30.3 Å². The number of aliphatic imine (C=N–C) groups is 1. The number of nitrogens with zero attached hydrogens (tertiary/aromatic N) is 2. The minimum absolute atomic E-state index is 0. The number of likely N-dealkylation sites (tertiary alicyclic amines) is 1. The number of ether oxygens (including phenoxy) is 1. The summed E-state index contributed by atoms with van der Waals surface area (Å²) >= 11 is 0. The molecule has 0 aromatic heterocycles. The zero-order chi connectivity index (χ0) is 20.2. The lowest BCUT2D eigenvalue weighted by Crippen LogP contribution is -2.49. The van der Waals surface area contributed by atoms with Crippen LogP contribution in [0.5, 0.6) is 0 Å². The Morgan fingerprint density at radius 2 is 1.93 bits per heavy atom. The summed E-state index contributed by atoms with van der Waals surface area (Å²) in [5.74, 6) is 1.05. The highest BCUT2D eigenvalue weighted by molar-refractivity contribution is 14.0. The fraction of sp³-hybridized carbons (Fsp3) is 0.650. The van der Waals surface area contributed by atoms with Crippen molar-refractivity contribution in [2.45, 2.75) is 32.4 Å². The molecule has 0 bridgehead atoms. The van der Waals surface area contributed by atoms with Crippen molar-refractivity contribution in [3.63, 3.8) is 0 Å². The van der Waals surface area contributed by atoms with Crippen molar-refractivity contribution in [2.24, 2.45) is 4.99 Å². The minimum atomic E-state index is -2.89. The van der Waals surface area contributed by atoms with Gasteiger partial charge < -0.3 is 20.3 Å². The standard InChI is InChI=1S/C20H34N4O3S.HI/c1-3-21-20(22-11-15-27-17-18-7-5-4-6-8-18)23-19-9-12-24(13-10-19)14-16-28(2,25)26;/h4-8,19H,3,9-17H2,1-2H3,(H2,21,22,23);1H. The Balaban J connectivity index is 0.00000420. The van der Waals surface area contributed by atoms with Gasteiger partial charge >= 0.3 is 0 Å². The molecule has 0 amide bonds. The molecule has 29 heavy (non-hydrogen) atoms. The lowest BCUT2D eigenvalue weighted by atomic mass is 10.1. The SMILES string of the molecule is CCNC(=NCCOCc1ccccc1)NC1CCN(CCS(C)(=O)=O)CC1.I. The normalized spacial score (nSPS) is 16.3. The van der Waals surface area contributed by atoms with Crippen LogP contribution >= 0.6 is 24.0 Å². The summed E-state index contributed by atoms with van der Waals surface area (Å²) in [7, 11) is -2.89. The third kappa shape index (κ3) is 11.8. The van der Waals surface area contributed by atoms with Crippen LogP contribution in [0.25, 0.3) is 0 Å². The molecule has 1 heterocycles. The number of guanidine groups is 1. The molecule has 2 rings (SSSR count). The molecule has 9 heteroatoms. The number of halogens is 1. The van der Waals surface area contributed by atoms with Crippen molar-refractivity contribution in [1.82, 2.24) is 15.5 Å². The predicted octanol–water partition coefficient (Wildman–Crippen LogP) is 1.89. The summed E-state index contributed by atoms with van der Waals surface area (Å²) in [5, 5.41) is 6.78. The number of nitrogens with one attached hydrogen (secondary N) is 2. The van der Waals surface area contributed by atoms with E-state index in [1.165, 1.54) is 11.8 Å². The molecule has 1 saturated heterocycles. The molecule has 0 saturated carbocycles. The molecule has 1 aromatic rings. The van der Waals surface area contributed by atoms with Crippen LogP contribution in [0.2, 0.25) is 0 Å². The monoisotopic (exact) mass is 538 g/mol. The second-order valence-electron chi connectivity index (χ2n) is 7.19. The van der Waals surface area contributed by atoms with E-state index in [2.05, 4.69) is 39.6 Å². The second-order valence-corrected chi connectivity index (χ2v) is 9.45. The van der Waals surface area contributed by atoms with Gasteiger partial charge in [0.2, 0.25) is 0 Å². The van der Waals surface area contributed by atoms with E-state index in [9.17, 15) is 8.42 Å². The number of piperidine rings is 1. The molecule has 0 aliphatic carbocycles. The number of hydrogen-bond donors (Lipinski definition) is 2. The Morgan fingerprint density at radius 1 is 1.24 bits per heavy atom. The molecule has 0 atom stereocenters. The Kier molecular flexibility index (Phi) is 12.8. The van der Waals surface area contributed by atoms with Gasteiger partial charge in [0.1, 0.15) is 9.84 Å². The van der Waals surface area contributed by atoms with Crippen molar-refractivity contribution in [3.8, 4) is 0 Å². The average Bonchev–Trinajstić information content (AvgIpc) is 2.67. The van der Waals surface area contributed by atoms with Crippen LogP contribution in [0.3, 0.4) is 0 Å².